The van der Waals surface area contributed by atoms with Gasteiger partial charge in [0, 0.05) is 48.3 Å². The van der Waals surface area contributed by atoms with E-state index in [-0.39, 0.29) is 5.82 Å². The van der Waals surface area contributed by atoms with Crippen LogP contribution in [0.25, 0.3) is 10.9 Å². The van der Waals surface area contributed by atoms with Gasteiger partial charge in [-0.15, -0.1) is 0 Å². The summed E-state index contributed by atoms with van der Waals surface area (Å²) in [5.74, 6) is 0.0784. The van der Waals surface area contributed by atoms with Gasteiger partial charge >= 0.3 is 0 Å². The van der Waals surface area contributed by atoms with Crippen LogP contribution in [0.15, 0.2) is 42.5 Å². The maximum Gasteiger partial charge on any atom is 0.274 e. The molecule has 1 fully saturated rings. The Kier molecular flexibility index (Phi) is 4.60. The van der Waals surface area contributed by atoms with Crippen LogP contribution in [0, 0.1) is 11.7 Å². The van der Waals surface area contributed by atoms with Gasteiger partial charge in [0.25, 0.3) is 5.91 Å². The lowest BCUT2D eigenvalue weighted by atomic mass is 10.0. The lowest BCUT2D eigenvalue weighted by molar-refractivity contribution is 0.0706. The van der Waals surface area contributed by atoms with Crippen molar-refractivity contribution in [3.05, 3.63) is 70.7 Å². The minimum absolute atomic E-state index is 0.168. The number of halogens is 1. The van der Waals surface area contributed by atoms with Gasteiger partial charge in [0.15, 0.2) is 0 Å². The van der Waals surface area contributed by atoms with Crippen LogP contribution < -0.4 is 5.48 Å². The van der Waals surface area contributed by atoms with E-state index < -0.39 is 5.91 Å². The second kappa shape index (κ2) is 7.28. The summed E-state index contributed by atoms with van der Waals surface area (Å²) in [6, 6.07) is 12.5. The number of carbonyl (C=O) groups excluding carboxylic acids is 1. The Hall–Kier alpha value is -2.70. The van der Waals surface area contributed by atoms with Crippen molar-refractivity contribution in [3.63, 3.8) is 0 Å². The number of nitrogens with zero attached hydrogens (tertiary/aromatic N) is 2. The molecule has 0 unspecified atom stereocenters. The monoisotopic (exact) mass is 393 g/mol. The zero-order chi connectivity index (χ0) is 20.0. The van der Waals surface area contributed by atoms with E-state index in [1.807, 2.05) is 18.2 Å². The highest BCUT2D eigenvalue weighted by Gasteiger charge is 2.28. The molecule has 1 aromatic heterocycles. The van der Waals surface area contributed by atoms with Crippen molar-refractivity contribution in [3.8, 4) is 0 Å². The first-order valence-corrected chi connectivity index (χ1v) is 10.2. The Morgan fingerprint density at radius 1 is 1.17 bits per heavy atom. The molecular formula is C23H24FN3O2. The number of aromatic nitrogens is 1. The van der Waals surface area contributed by atoms with Crippen molar-refractivity contribution in [2.45, 2.75) is 38.9 Å². The fourth-order valence-electron chi connectivity index (χ4n) is 4.46. The molecule has 3 aromatic rings. The Bertz CT molecular complexity index is 1070. The first-order chi connectivity index (χ1) is 14.1. The third-order valence-corrected chi connectivity index (χ3v) is 6.16. The molecule has 5 rings (SSSR count). The zero-order valence-electron chi connectivity index (χ0n) is 16.2. The molecule has 0 radical (unpaired) electrons. The van der Waals surface area contributed by atoms with Gasteiger partial charge in [0.2, 0.25) is 0 Å². The molecule has 0 atom stereocenters. The highest BCUT2D eigenvalue weighted by molar-refractivity contribution is 5.93. The first kappa shape index (κ1) is 18.3. The summed E-state index contributed by atoms with van der Waals surface area (Å²) >= 11 is 0. The van der Waals surface area contributed by atoms with E-state index in [9.17, 15) is 9.18 Å². The summed E-state index contributed by atoms with van der Waals surface area (Å²) in [6.45, 7) is 3.58. The van der Waals surface area contributed by atoms with Crippen LogP contribution in [-0.4, -0.2) is 27.1 Å². The SMILES string of the molecule is O=C(NO)c1ccc(CN2CCc3c(n(CC4CC4)c4ccc(F)cc34)C2)cc1. The summed E-state index contributed by atoms with van der Waals surface area (Å²) in [5.41, 5.74) is 6.99. The molecule has 5 nitrogen and oxygen atoms in total. The quantitative estimate of drug-likeness (QED) is 0.511. The predicted molar refractivity (Wildman–Crippen MR) is 108 cm³/mol. The molecule has 0 saturated heterocycles. The van der Waals surface area contributed by atoms with Gasteiger partial charge in [-0.2, -0.15) is 0 Å². The Balaban J connectivity index is 1.41. The van der Waals surface area contributed by atoms with Crippen molar-refractivity contribution in [2.24, 2.45) is 5.92 Å². The third kappa shape index (κ3) is 3.54. The van der Waals surface area contributed by atoms with Crippen molar-refractivity contribution in [1.82, 2.24) is 14.9 Å². The highest BCUT2D eigenvalue weighted by atomic mass is 19.1. The molecule has 0 spiro atoms. The molecule has 2 aliphatic rings. The van der Waals surface area contributed by atoms with Crippen LogP contribution in [0.2, 0.25) is 0 Å². The summed E-state index contributed by atoms with van der Waals surface area (Å²) in [5, 5.41) is 9.82. The number of amides is 1. The van der Waals surface area contributed by atoms with Crippen LogP contribution in [0.4, 0.5) is 4.39 Å². The van der Waals surface area contributed by atoms with E-state index in [2.05, 4.69) is 9.47 Å². The predicted octanol–water partition coefficient (Wildman–Crippen LogP) is 3.87. The average molecular weight is 393 g/mol. The van der Waals surface area contributed by atoms with Crippen LogP contribution in [0.5, 0.6) is 0 Å². The number of nitrogens with one attached hydrogen (secondary N) is 1. The van der Waals surface area contributed by atoms with E-state index in [0.717, 1.165) is 55.0 Å². The largest absolute Gasteiger partial charge is 0.343 e. The molecule has 150 valence electrons. The maximum atomic E-state index is 13.9. The molecule has 1 amide bonds. The van der Waals surface area contributed by atoms with Gasteiger partial charge in [-0.05, 0) is 66.6 Å². The molecule has 1 aliphatic carbocycles. The number of hydroxylamine groups is 1. The second-order valence-corrected chi connectivity index (χ2v) is 8.24. The van der Waals surface area contributed by atoms with E-state index in [4.69, 9.17) is 5.21 Å². The van der Waals surface area contributed by atoms with Crippen LogP contribution >= 0.6 is 0 Å². The number of carbonyl (C=O) groups is 1. The van der Waals surface area contributed by atoms with E-state index in [1.165, 1.54) is 24.1 Å². The summed E-state index contributed by atoms with van der Waals surface area (Å²) in [7, 11) is 0. The van der Waals surface area contributed by atoms with Crippen molar-refractivity contribution >= 4 is 16.8 Å². The van der Waals surface area contributed by atoms with E-state index in [0.29, 0.717) is 5.56 Å². The summed E-state index contributed by atoms with van der Waals surface area (Å²) in [4.78, 5) is 13.9. The Morgan fingerprint density at radius 2 is 1.97 bits per heavy atom. The molecule has 2 N–H and O–H groups in total. The number of fused-ring (bicyclic) bond motifs is 3. The highest BCUT2D eigenvalue weighted by Crippen LogP contribution is 2.37. The molecule has 2 heterocycles. The standard InChI is InChI=1S/C23H24FN3O2/c24-18-7-8-21-20(11-18)19-9-10-26(14-22(19)27(21)13-16-1-2-16)12-15-3-5-17(6-4-15)23(28)25-29/h3-8,11,16,29H,1-2,9-10,12-14H2,(H,25,28). The van der Waals surface area contributed by atoms with Crippen molar-refractivity contribution < 1.29 is 14.4 Å². The molecule has 6 heteroatoms. The fraction of sp³-hybridized carbons (Fsp3) is 0.348. The lowest BCUT2D eigenvalue weighted by Gasteiger charge is -2.28. The number of rotatable bonds is 5. The van der Waals surface area contributed by atoms with Gasteiger partial charge in [-0.25, -0.2) is 9.87 Å². The normalized spacial score (nSPS) is 16.8. The Morgan fingerprint density at radius 3 is 2.69 bits per heavy atom. The minimum atomic E-state index is -0.504. The van der Waals surface area contributed by atoms with Crippen molar-refractivity contribution in [2.75, 3.05) is 6.54 Å². The molecule has 1 saturated carbocycles. The van der Waals surface area contributed by atoms with Gasteiger partial charge < -0.3 is 4.57 Å². The van der Waals surface area contributed by atoms with Gasteiger partial charge in [0.1, 0.15) is 5.82 Å². The Labute approximate surface area is 168 Å². The lowest BCUT2D eigenvalue weighted by Crippen LogP contribution is -2.31. The van der Waals surface area contributed by atoms with Crippen LogP contribution in [0.1, 0.15) is 40.0 Å². The first-order valence-electron chi connectivity index (χ1n) is 10.2. The van der Waals surface area contributed by atoms with Gasteiger partial charge in [0.05, 0.1) is 0 Å². The molecular weight excluding hydrogens is 369 g/mol. The van der Waals surface area contributed by atoms with E-state index in [1.54, 1.807) is 29.7 Å². The zero-order valence-corrected chi connectivity index (χ0v) is 16.2. The molecule has 29 heavy (non-hydrogen) atoms. The van der Waals surface area contributed by atoms with Gasteiger partial charge in [-0.3, -0.25) is 14.9 Å². The van der Waals surface area contributed by atoms with Gasteiger partial charge in [-0.1, -0.05) is 12.1 Å². The topological polar surface area (TPSA) is 57.5 Å². The third-order valence-electron chi connectivity index (χ3n) is 6.16. The van der Waals surface area contributed by atoms with Crippen LogP contribution in [-0.2, 0) is 26.1 Å². The minimum Gasteiger partial charge on any atom is -0.343 e. The average Bonchev–Trinajstić information content (AvgIpc) is 3.51. The maximum absolute atomic E-state index is 13.9. The number of hydrogen-bond acceptors (Lipinski definition) is 3. The number of hydrogen-bond donors (Lipinski definition) is 2. The second-order valence-electron chi connectivity index (χ2n) is 8.24. The van der Waals surface area contributed by atoms with E-state index >= 15 is 0 Å². The summed E-state index contributed by atoms with van der Waals surface area (Å²) < 4.78 is 16.3. The van der Waals surface area contributed by atoms with Crippen molar-refractivity contribution in [1.29, 1.82) is 0 Å². The smallest absolute Gasteiger partial charge is 0.274 e. The molecule has 0 bridgehead atoms. The number of benzene rings is 2. The summed E-state index contributed by atoms with van der Waals surface area (Å²) in [6.07, 6.45) is 3.48. The molecule has 2 aromatic carbocycles. The molecule has 1 aliphatic heterocycles. The fourth-order valence-corrected chi connectivity index (χ4v) is 4.46. The van der Waals surface area contributed by atoms with Crippen LogP contribution in [0.3, 0.4) is 0 Å².